The van der Waals surface area contributed by atoms with Gasteiger partial charge in [-0.15, -0.1) is 0 Å². The molecule has 128 valence electrons. The molecule has 0 saturated heterocycles. The van der Waals surface area contributed by atoms with Crippen LogP contribution in [0.5, 0.6) is 0 Å². The predicted octanol–water partition coefficient (Wildman–Crippen LogP) is 1.37. The van der Waals surface area contributed by atoms with E-state index in [1.807, 2.05) is 0 Å². The number of rotatable bonds is 4. The molecule has 24 heavy (non-hydrogen) atoms. The maximum Gasteiger partial charge on any atom is 1.00 e. The van der Waals surface area contributed by atoms with Crippen LogP contribution in [0.25, 0.3) is 0 Å². The van der Waals surface area contributed by atoms with Gasteiger partial charge in [-0.25, -0.2) is 8.42 Å². The molecule has 0 amide bonds. The molecule has 0 spiro atoms. The Morgan fingerprint density at radius 3 is 1.83 bits per heavy atom. The van der Waals surface area contributed by atoms with Gasteiger partial charge in [0, 0.05) is 0 Å². The first-order chi connectivity index (χ1) is 11.1. The summed E-state index contributed by atoms with van der Waals surface area (Å²) in [5.41, 5.74) is 1.43. The average Bonchev–Trinajstić information content (AvgIpc) is 2.57. The van der Waals surface area contributed by atoms with Crippen molar-refractivity contribution in [1.82, 2.24) is 0 Å². The van der Waals surface area contributed by atoms with Crippen molar-refractivity contribution in [3.05, 3.63) is 24.3 Å². The second kappa shape index (κ2) is 9.94. The summed E-state index contributed by atoms with van der Waals surface area (Å²) in [6, 6.07) is 6.98. The second-order valence-electron chi connectivity index (χ2n) is 6.94. The van der Waals surface area contributed by atoms with Gasteiger partial charge in [0.15, 0.2) is 0 Å². The Kier molecular flexibility index (Phi) is 8.90. The summed E-state index contributed by atoms with van der Waals surface area (Å²) in [6.45, 7) is 0. The minimum Gasteiger partial charge on any atom is -0.744 e. The molecule has 0 heterocycles. The van der Waals surface area contributed by atoms with Gasteiger partial charge in [-0.1, -0.05) is 58.6 Å². The number of hydrogen-bond donors (Lipinski definition) is 0. The molecule has 0 aliphatic heterocycles. The fourth-order valence-corrected chi connectivity index (χ4v) is 8.67. The van der Waals surface area contributed by atoms with Crippen LogP contribution in [0.2, 0.25) is 0 Å². The molecule has 0 unspecified atom stereocenters. The van der Waals surface area contributed by atoms with E-state index in [2.05, 4.69) is 6.07 Å². The molecule has 3 nitrogen and oxygen atoms in total. The quantitative estimate of drug-likeness (QED) is 0.442. The van der Waals surface area contributed by atoms with Gasteiger partial charge in [0.2, 0.25) is 0 Å². The minimum atomic E-state index is -4.36. The third-order valence-electron chi connectivity index (χ3n) is 5.34. The van der Waals surface area contributed by atoms with Crippen LogP contribution in [0.4, 0.5) is 0 Å². The first kappa shape index (κ1) is 21.5. The zero-order chi connectivity index (χ0) is 16.3. The van der Waals surface area contributed by atoms with Gasteiger partial charge >= 0.3 is 51.4 Å². The first-order valence-corrected chi connectivity index (χ1v) is 11.8. The molecule has 2 aliphatic carbocycles. The van der Waals surface area contributed by atoms with Crippen LogP contribution in [-0.2, 0) is 10.1 Å². The van der Waals surface area contributed by atoms with Crippen molar-refractivity contribution in [1.29, 1.82) is 0 Å². The summed E-state index contributed by atoms with van der Waals surface area (Å²) in [5.74, 6) is 0. The standard InChI is InChI=1S/C18H27O3PS.K/c19-23(20,21)18-13-7-12-17(14-18)22(15-8-3-1-4-9-15)16-10-5-2-6-11-16;/h7,12-16H,1-6,8-11H2,(H,19,20,21);/q;+1/p-1. The van der Waals surface area contributed by atoms with Crippen LogP contribution in [0.3, 0.4) is 0 Å². The van der Waals surface area contributed by atoms with Crippen molar-refractivity contribution in [2.45, 2.75) is 80.4 Å². The van der Waals surface area contributed by atoms with Gasteiger partial charge in [0.25, 0.3) is 0 Å². The van der Waals surface area contributed by atoms with Crippen molar-refractivity contribution < 1.29 is 64.4 Å². The normalized spacial score (nSPS) is 20.8. The molecule has 3 rings (SSSR count). The van der Waals surface area contributed by atoms with Crippen LogP contribution in [0, 0.1) is 0 Å². The molecular formula is C18H26KO3PS. The average molecular weight is 393 g/mol. The van der Waals surface area contributed by atoms with E-state index in [1.54, 1.807) is 12.1 Å². The Morgan fingerprint density at radius 1 is 0.875 bits per heavy atom. The van der Waals surface area contributed by atoms with E-state index in [-0.39, 0.29) is 64.2 Å². The molecule has 0 N–H and O–H groups in total. The molecule has 6 heteroatoms. The van der Waals surface area contributed by atoms with E-state index in [1.165, 1.54) is 70.3 Å². The second-order valence-corrected chi connectivity index (χ2v) is 11.1. The molecule has 0 radical (unpaired) electrons. The summed E-state index contributed by atoms with van der Waals surface area (Å²) in [7, 11) is -4.72. The summed E-state index contributed by atoms with van der Waals surface area (Å²) in [6.07, 6.45) is 13.0. The van der Waals surface area contributed by atoms with Gasteiger partial charge in [-0.2, -0.15) is 0 Å². The van der Waals surface area contributed by atoms with Gasteiger partial charge < -0.3 is 4.55 Å². The molecular weight excluding hydrogens is 366 g/mol. The first-order valence-electron chi connectivity index (χ1n) is 8.90. The molecule has 0 aromatic heterocycles. The topological polar surface area (TPSA) is 57.2 Å². The van der Waals surface area contributed by atoms with Crippen LogP contribution in [-0.4, -0.2) is 24.3 Å². The van der Waals surface area contributed by atoms with Crippen LogP contribution in [0.15, 0.2) is 29.2 Å². The molecule has 2 fully saturated rings. The van der Waals surface area contributed by atoms with E-state index in [9.17, 15) is 13.0 Å². The van der Waals surface area contributed by atoms with Crippen molar-refractivity contribution in [2.75, 3.05) is 0 Å². The maximum atomic E-state index is 11.4. The molecule has 2 aliphatic rings. The fraction of sp³-hybridized carbons (Fsp3) is 0.667. The maximum absolute atomic E-state index is 11.4. The zero-order valence-corrected chi connectivity index (χ0v) is 19.4. The Hall–Kier alpha value is 1.20. The molecule has 2 saturated carbocycles. The van der Waals surface area contributed by atoms with Crippen LogP contribution < -0.4 is 56.7 Å². The van der Waals surface area contributed by atoms with Crippen molar-refractivity contribution in [2.24, 2.45) is 0 Å². The fourth-order valence-electron chi connectivity index (χ4n) is 4.24. The minimum absolute atomic E-state index is 0. The van der Waals surface area contributed by atoms with Gasteiger partial charge in [-0.05, 0) is 54.4 Å². The molecule has 1 aromatic carbocycles. The van der Waals surface area contributed by atoms with E-state index in [0.717, 1.165) is 5.30 Å². The van der Waals surface area contributed by atoms with Crippen LogP contribution >= 0.6 is 7.92 Å². The molecule has 1 aromatic rings. The summed E-state index contributed by atoms with van der Waals surface area (Å²) >= 11 is 0. The van der Waals surface area contributed by atoms with Crippen LogP contribution in [0.1, 0.15) is 64.2 Å². The third-order valence-corrected chi connectivity index (χ3v) is 9.65. The van der Waals surface area contributed by atoms with E-state index in [4.69, 9.17) is 0 Å². The SMILES string of the molecule is O=S(=O)([O-])c1cccc(P(C2CCCCC2)C2CCCCC2)c1.[K+]. The monoisotopic (exact) mass is 392 g/mol. The van der Waals surface area contributed by atoms with Crippen molar-refractivity contribution in [3.8, 4) is 0 Å². The summed E-state index contributed by atoms with van der Waals surface area (Å²) < 4.78 is 34.2. The van der Waals surface area contributed by atoms with Crippen molar-refractivity contribution >= 4 is 23.3 Å². The Morgan fingerprint density at radius 2 is 1.38 bits per heavy atom. The Bertz CT molecular complexity index is 605. The van der Waals surface area contributed by atoms with Gasteiger partial charge in [-0.3, -0.25) is 0 Å². The zero-order valence-electron chi connectivity index (χ0n) is 14.6. The van der Waals surface area contributed by atoms with Gasteiger partial charge in [0.1, 0.15) is 10.1 Å². The number of hydrogen-bond acceptors (Lipinski definition) is 3. The predicted molar refractivity (Wildman–Crippen MR) is 94.7 cm³/mol. The summed E-state index contributed by atoms with van der Waals surface area (Å²) in [5, 5.41) is 1.15. The van der Waals surface area contributed by atoms with E-state index < -0.39 is 10.1 Å². The Labute approximate surface area is 190 Å². The van der Waals surface area contributed by atoms with E-state index >= 15 is 0 Å². The molecule has 0 atom stereocenters. The van der Waals surface area contributed by atoms with Gasteiger partial charge in [0.05, 0.1) is 4.90 Å². The molecule has 0 bridgehead atoms. The largest absolute Gasteiger partial charge is 1.00 e. The Balaban J connectivity index is 0.00000208. The number of benzene rings is 1. The third kappa shape index (κ3) is 5.59. The van der Waals surface area contributed by atoms with E-state index in [0.29, 0.717) is 11.3 Å². The summed E-state index contributed by atoms with van der Waals surface area (Å²) in [4.78, 5) is -0.0471. The smallest absolute Gasteiger partial charge is 0.744 e. The van der Waals surface area contributed by atoms with Crippen molar-refractivity contribution in [3.63, 3.8) is 0 Å².